The first kappa shape index (κ1) is 10.6. The zero-order valence-corrected chi connectivity index (χ0v) is 9.70. The van der Waals surface area contributed by atoms with Gasteiger partial charge in [0.1, 0.15) is 0 Å². The summed E-state index contributed by atoms with van der Waals surface area (Å²) in [4.78, 5) is 11.5. The third-order valence-corrected chi connectivity index (χ3v) is 3.51. The highest BCUT2D eigenvalue weighted by Crippen LogP contribution is 2.44. The molecule has 0 heterocycles. The van der Waals surface area contributed by atoms with Crippen molar-refractivity contribution in [2.75, 3.05) is 0 Å². The van der Waals surface area contributed by atoms with Crippen LogP contribution < -0.4 is 5.73 Å². The van der Waals surface area contributed by atoms with E-state index in [1.54, 1.807) is 0 Å². The lowest BCUT2D eigenvalue weighted by Gasteiger charge is -2.43. The number of benzene rings is 1. The van der Waals surface area contributed by atoms with Gasteiger partial charge in [0.25, 0.3) is 0 Å². The minimum atomic E-state index is -0.663. The SMILES string of the molecule is NC(=O)C1(c2cccc(Br)c2)CC(O)C1. The second-order valence-corrected chi connectivity index (χ2v) is 4.93. The molecule has 3 N–H and O–H groups in total. The molecule has 0 radical (unpaired) electrons. The smallest absolute Gasteiger partial charge is 0.228 e. The van der Waals surface area contributed by atoms with Crippen molar-refractivity contribution in [3.05, 3.63) is 34.3 Å². The number of aliphatic hydroxyl groups is 1. The van der Waals surface area contributed by atoms with E-state index in [2.05, 4.69) is 15.9 Å². The van der Waals surface area contributed by atoms with Crippen LogP contribution in [0, 0.1) is 0 Å². The van der Waals surface area contributed by atoms with Crippen LogP contribution in [-0.2, 0) is 10.2 Å². The molecular formula is C11H12BrNO2. The Morgan fingerprint density at radius 2 is 2.20 bits per heavy atom. The van der Waals surface area contributed by atoms with E-state index in [-0.39, 0.29) is 5.91 Å². The van der Waals surface area contributed by atoms with E-state index in [1.807, 2.05) is 24.3 Å². The van der Waals surface area contributed by atoms with Crippen molar-refractivity contribution in [1.29, 1.82) is 0 Å². The van der Waals surface area contributed by atoms with Crippen LogP contribution in [0.25, 0.3) is 0 Å². The van der Waals surface area contributed by atoms with Gasteiger partial charge in [-0.25, -0.2) is 0 Å². The number of hydrogen-bond acceptors (Lipinski definition) is 2. The summed E-state index contributed by atoms with van der Waals surface area (Å²) in [6, 6.07) is 7.53. The zero-order valence-electron chi connectivity index (χ0n) is 8.11. The Labute approximate surface area is 96.4 Å². The molecule has 3 nitrogen and oxygen atoms in total. The fourth-order valence-electron chi connectivity index (χ4n) is 2.11. The molecule has 1 aliphatic carbocycles. The van der Waals surface area contributed by atoms with Crippen LogP contribution in [0.4, 0.5) is 0 Å². The van der Waals surface area contributed by atoms with E-state index in [1.165, 1.54) is 0 Å². The summed E-state index contributed by atoms with van der Waals surface area (Å²) < 4.78 is 0.919. The number of primary amides is 1. The third-order valence-electron chi connectivity index (χ3n) is 3.02. The fourth-order valence-corrected chi connectivity index (χ4v) is 2.51. The average molecular weight is 270 g/mol. The number of aliphatic hydroxyl groups excluding tert-OH is 1. The first-order chi connectivity index (χ1) is 7.04. The maximum absolute atomic E-state index is 11.5. The Morgan fingerprint density at radius 3 is 2.67 bits per heavy atom. The largest absolute Gasteiger partial charge is 0.393 e. The van der Waals surface area contributed by atoms with Crippen molar-refractivity contribution in [1.82, 2.24) is 0 Å². The quantitative estimate of drug-likeness (QED) is 0.851. The lowest BCUT2D eigenvalue weighted by Crippen LogP contribution is -2.53. The molecule has 1 aromatic rings. The predicted molar refractivity (Wildman–Crippen MR) is 60.3 cm³/mol. The van der Waals surface area contributed by atoms with E-state index >= 15 is 0 Å². The second-order valence-electron chi connectivity index (χ2n) is 4.02. The van der Waals surface area contributed by atoms with Gasteiger partial charge in [0.2, 0.25) is 5.91 Å². The van der Waals surface area contributed by atoms with Crippen molar-refractivity contribution >= 4 is 21.8 Å². The van der Waals surface area contributed by atoms with Crippen LogP contribution in [0.3, 0.4) is 0 Å². The Balaban J connectivity index is 2.39. The molecule has 1 aliphatic rings. The second kappa shape index (κ2) is 3.61. The van der Waals surface area contributed by atoms with Gasteiger partial charge in [-0.2, -0.15) is 0 Å². The zero-order chi connectivity index (χ0) is 11.1. The van der Waals surface area contributed by atoms with Gasteiger partial charge in [-0.05, 0) is 30.5 Å². The van der Waals surface area contributed by atoms with Gasteiger partial charge in [0.05, 0.1) is 11.5 Å². The Bertz CT molecular complexity index is 399. The normalized spacial score (nSPS) is 29.6. The van der Waals surface area contributed by atoms with Crippen LogP contribution in [0.2, 0.25) is 0 Å². The highest BCUT2D eigenvalue weighted by molar-refractivity contribution is 9.10. The van der Waals surface area contributed by atoms with Gasteiger partial charge >= 0.3 is 0 Å². The summed E-state index contributed by atoms with van der Waals surface area (Å²) in [6.45, 7) is 0. The molecule has 0 aromatic heterocycles. The molecule has 0 bridgehead atoms. The number of nitrogens with two attached hydrogens (primary N) is 1. The third kappa shape index (κ3) is 1.68. The van der Waals surface area contributed by atoms with Gasteiger partial charge in [-0.1, -0.05) is 28.1 Å². The monoisotopic (exact) mass is 269 g/mol. The van der Waals surface area contributed by atoms with Crippen molar-refractivity contribution in [3.8, 4) is 0 Å². The molecular weight excluding hydrogens is 258 g/mol. The first-order valence-corrected chi connectivity index (χ1v) is 5.58. The minimum absolute atomic E-state index is 0.356. The van der Waals surface area contributed by atoms with Crippen molar-refractivity contribution in [3.63, 3.8) is 0 Å². The number of amides is 1. The molecule has 0 spiro atoms. The number of carbonyl (C=O) groups excluding carboxylic acids is 1. The van der Waals surface area contributed by atoms with Gasteiger partial charge in [-0.15, -0.1) is 0 Å². The molecule has 15 heavy (non-hydrogen) atoms. The van der Waals surface area contributed by atoms with E-state index in [9.17, 15) is 9.90 Å². The summed E-state index contributed by atoms with van der Waals surface area (Å²) in [5.74, 6) is -0.356. The van der Waals surface area contributed by atoms with Crippen LogP contribution >= 0.6 is 15.9 Å². The molecule has 0 atom stereocenters. The Kier molecular flexibility index (Phi) is 2.56. The molecule has 80 valence electrons. The van der Waals surface area contributed by atoms with Crippen LogP contribution in [0.1, 0.15) is 18.4 Å². The van der Waals surface area contributed by atoms with Gasteiger partial charge in [0.15, 0.2) is 0 Å². The lowest BCUT2D eigenvalue weighted by atomic mass is 9.62. The molecule has 1 saturated carbocycles. The highest BCUT2D eigenvalue weighted by Gasteiger charge is 2.49. The van der Waals surface area contributed by atoms with Crippen molar-refractivity contribution < 1.29 is 9.90 Å². The Morgan fingerprint density at radius 1 is 1.53 bits per heavy atom. The molecule has 0 aliphatic heterocycles. The predicted octanol–water partition coefficient (Wildman–Crippen LogP) is 1.33. The fraction of sp³-hybridized carbons (Fsp3) is 0.364. The first-order valence-electron chi connectivity index (χ1n) is 4.78. The van der Waals surface area contributed by atoms with Crippen molar-refractivity contribution in [2.24, 2.45) is 5.73 Å². The van der Waals surface area contributed by atoms with E-state index in [4.69, 9.17) is 5.73 Å². The number of hydrogen-bond donors (Lipinski definition) is 2. The summed E-state index contributed by atoms with van der Waals surface area (Å²) in [7, 11) is 0. The standard InChI is InChI=1S/C11H12BrNO2/c12-8-3-1-2-7(4-8)11(10(13)15)5-9(14)6-11/h1-4,9,14H,5-6H2,(H2,13,15). The minimum Gasteiger partial charge on any atom is -0.393 e. The number of halogens is 1. The van der Waals surface area contributed by atoms with Gasteiger partial charge < -0.3 is 10.8 Å². The van der Waals surface area contributed by atoms with Crippen LogP contribution in [0.15, 0.2) is 28.7 Å². The van der Waals surface area contributed by atoms with E-state index < -0.39 is 11.5 Å². The molecule has 4 heteroatoms. The molecule has 0 unspecified atom stereocenters. The van der Waals surface area contributed by atoms with Crippen LogP contribution in [-0.4, -0.2) is 17.1 Å². The summed E-state index contributed by atoms with van der Waals surface area (Å²) in [6.07, 6.45) is 0.453. The maximum atomic E-state index is 11.5. The van der Waals surface area contributed by atoms with E-state index in [0.717, 1.165) is 10.0 Å². The number of carbonyl (C=O) groups is 1. The summed E-state index contributed by atoms with van der Waals surface area (Å²) >= 11 is 3.36. The molecule has 1 fully saturated rings. The summed E-state index contributed by atoms with van der Waals surface area (Å²) in [5, 5.41) is 9.34. The van der Waals surface area contributed by atoms with Gasteiger partial charge in [-0.3, -0.25) is 4.79 Å². The summed E-state index contributed by atoms with van der Waals surface area (Å²) in [5.41, 5.74) is 5.63. The lowest BCUT2D eigenvalue weighted by molar-refractivity contribution is -0.131. The molecule has 1 aromatic carbocycles. The average Bonchev–Trinajstić information content (AvgIpc) is 2.12. The Hall–Kier alpha value is -0.870. The highest BCUT2D eigenvalue weighted by atomic mass is 79.9. The molecule has 0 saturated heterocycles. The molecule has 1 amide bonds. The topological polar surface area (TPSA) is 63.3 Å². The van der Waals surface area contributed by atoms with Crippen LogP contribution in [0.5, 0.6) is 0 Å². The van der Waals surface area contributed by atoms with Gasteiger partial charge in [0, 0.05) is 4.47 Å². The maximum Gasteiger partial charge on any atom is 0.228 e. The van der Waals surface area contributed by atoms with Crippen molar-refractivity contribution in [2.45, 2.75) is 24.4 Å². The molecule has 2 rings (SSSR count). The number of rotatable bonds is 2. The van der Waals surface area contributed by atoms with E-state index in [0.29, 0.717) is 12.8 Å².